The fourth-order valence-electron chi connectivity index (χ4n) is 1.60. The molecule has 0 fully saturated rings. The van der Waals surface area contributed by atoms with Crippen LogP contribution in [0.15, 0.2) is 18.2 Å². The molecule has 1 unspecified atom stereocenters. The molecule has 0 radical (unpaired) electrons. The topological polar surface area (TPSA) is 52.6 Å². The van der Waals surface area contributed by atoms with Crippen LogP contribution in [0.5, 0.6) is 5.75 Å². The lowest BCUT2D eigenvalue weighted by Gasteiger charge is -2.16. The second-order valence-electron chi connectivity index (χ2n) is 4.42. The van der Waals surface area contributed by atoms with E-state index in [0.717, 1.165) is 6.07 Å². The van der Waals surface area contributed by atoms with Crippen molar-refractivity contribution in [1.82, 2.24) is 10.2 Å². The number of phenolic OH excluding ortho intramolecular Hbond substituents is 1. The average Bonchev–Trinajstić information content (AvgIpc) is 2.28. The first-order valence-corrected chi connectivity index (χ1v) is 5.83. The van der Waals surface area contributed by atoms with Gasteiger partial charge in [0, 0.05) is 44.7 Å². The van der Waals surface area contributed by atoms with Crippen LogP contribution in [-0.2, 0) is 4.79 Å². The van der Waals surface area contributed by atoms with Crippen molar-refractivity contribution in [2.24, 2.45) is 0 Å². The maximum atomic E-state index is 13.5. The van der Waals surface area contributed by atoms with Crippen LogP contribution in [0.2, 0.25) is 0 Å². The summed E-state index contributed by atoms with van der Waals surface area (Å²) in [4.78, 5) is 12.9. The summed E-state index contributed by atoms with van der Waals surface area (Å²) in [6.07, 6.45) is 0.372. The number of carbonyl (C=O) groups excluding carboxylic acids is 1. The van der Waals surface area contributed by atoms with Gasteiger partial charge in [-0.2, -0.15) is 0 Å². The van der Waals surface area contributed by atoms with Gasteiger partial charge in [0.2, 0.25) is 5.91 Å². The minimum absolute atomic E-state index is 0.0286. The predicted molar refractivity (Wildman–Crippen MR) is 67.8 cm³/mol. The number of carbonyl (C=O) groups is 1. The molecule has 2 N–H and O–H groups in total. The van der Waals surface area contributed by atoms with Crippen LogP contribution in [0.3, 0.4) is 0 Å². The molecular formula is C13H19FN2O2. The van der Waals surface area contributed by atoms with Crippen molar-refractivity contribution in [1.29, 1.82) is 0 Å². The monoisotopic (exact) mass is 254 g/mol. The second-order valence-corrected chi connectivity index (χ2v) is 4.42. The van der Waals surface area contributed by atoms with Gasteiger partial charge in [0.1, 0.15) is 11.6 Å². The zero-order valence-corrected chi connectivity index (χ0v) is 10.9. The third kappa shape index (κ3) is 4.00. The molecule has 5 heteroatoms. The number of hydrogen-bond acceptors (Lipinski definition) is 3. The summed E-state index contributed by atoms with van der Waals surface area (Å²) in [5.41, 5.74) is 0.477. The van der Waals surface area contributed by atoms with Gasteiger partial charge in [0.05, 0.1) is 0 Å². The van der Waals surface area contributed by atoms with Crippen LogP contribution in [0.1, 0.15) is 24.9 Å². The van der Waals surface area contributed by atoms with Crippen molar-refractivity contribution in [3.8, 4) is 5.75 Å². The smallest absolute Gasteiger partial charge is 0.223 e. The van der Waals surface area contributed by atoms with E-state index in [9.17, 15) is 9.18 Å². The van der Waals surface area contributed by atoms with E-state index < -0.39 is 5.82 Å². The predicted octanol–water partition coefficient (Wildman–Crippen LogP) is 1.66. The second kappa shape index (κ2) is 6.35. The average molecular weight is 254 g/mol. The van der Waals surface area contributed by atoms with Gasteiger partial charge in [-0.05, 0) is 13.0 Å². The summed E-state index contributed by atoms with van der Waals surface area (Å²) < 4.78 is 13.5. The van der Waals surface area contributed by atoms with Crippen molar-refractivity contribution in [3.63, 3.8) is 0 Å². The summed E-state index contributed by atoms with van der Waals surface area (Å²) in [5, 5.41) is 12.2. The number of halogens is 1. The Kier molecular flexibility index (Phi) is 5.09. The van der Waals surface area contributed by atoms with Gasteiger partial charge in [-0.25, -0.2) is 4.39 Å². The molecule has 0 aromatic heterocycles. The van der Waals surface area contributed by atoms with E-state index in [1.165, 1.54) is 17.0 Å². The highest BCUT2D eigenvalue weighted by atomic mass is 19.1. The highest BCUT2D eigenvalue weighted by Gasteiger charge is 2.11. The molecule has 1 amide bonds. The molecular weight excluding hydrogens is 235 g/mol. The van der Waals surface area contributed by atoms with Gasteiger partial charge >= 0.3 is 0 Å². The van der Waals surface area contributed by atoms with Crippen LogP contribution in [-0.4, -0.2) is 36.6 Å². The van der Waals surface area contributed by atoms with Gasteiger partial charge in [-0.3, -0.25) is 4.79 Å². The van der Waals surface area contributed by atoms with E-state index >= 15 is 0 Å². The molecule has 0 aliphatic carbocycles. The molecule has 0 aliphatic heterocycles. The molecule has 1 aromatic rings. The summed E-state index contributed by atoms with van der Waals surface area (Å²) in [6, 6.07) is 3.86. The quantitative estimate of drug-likeness (QED) is 0.840. The van der Waals surface area contributed by atoms with Crippen molar-refractivity contribution in [2.75, 3.05) is 20.6 Å². The zero-order valence-electron chi connectivity index (χ0n) is 10.9. The number of hydrogen-bond donors (Lipinski definition) is 2. The first-order valence-electron chi connectivity index (χ1n) is 5.83. The molecule has 18 heavy (non-hydrogen) atoms. The minimum Gasteiger partial charge on any atom is -0.508 e. The van der Waals surface area contributed by atoms with Crippen molar-refractivity contribution >= 4 is 5.91 Å². The van der Waals surface area contributed by atoms with E-state index in [1.54, 1.807) is 14.1 Å². The third-order valence-electron chi connectivity index (χ3n) is 2.74. The Morgan fingerprint density at radius 3 is 2.72 bits per heavy atom. The molecule has 0 heterocycles. The maximum absolute atomic E-state index is 13.5. The molecule has 0 aliphatic rings. The van der Waals surface area contributed by atoms with Crippen LogP contribution in [0, 0.1) is 5.82 Å². The van der Waals surface area contributed by atoms with E-state index in [2.05, 4.69) is 5.32 Å². The third-order valence-corrected chi connectivity index (χ3v) is 2.74. The Morgan fingerprint density at radius 2 is 2.17 bits per heavy atom. The van der Waals surface area contributed by atoms with E-state index in [1.807, 2.05) is 6.92 Å². The Morgan fingerprint density at radius 1 is 1.50 bits per heavy atom. The fourth-order valence-corrected chi connectivity index (χ4v) is 1.60. The maximum Gasteiger partial charge on any atom is 0.223 e. The molecule has 1 rings (SSSR count). The van der Waals surface area contributed by atoms with Crippen molar-refractivity contribution < 1.29 is 14.3 Å². The molecule has 0 saturated carbocycles. The number of benzene rings is 1. The van der Waals surface area contributed by atoms with Crippen molar-refractivity contribution in [3.05, 3.63) is 29.6 Å². The normalized spacial score (nSPS) is 12.2. The molecule has 4 nitrogen and oxygen atoms in total. The van der Waals surface area contributed by atoms with Gasteiger partial charge in [0.25, 0.3) is 0 Å². The van der Waals surface area contributed by atoms with Crippen LogP contribution in [0.25, 0.3) is 0 Å². The number of phenols is 1. The number of aromatic hydroxyl groups is 1. The first-order chi connectivity index (χ1) is 8.41. The Labute approximate surface area is 106 Å². The summed E-state index contributed by atoms with van der Waals surface area (Å²) in [6.45, 7) is 2.30. The summed E-state index contributed by atoms with van der Waals surface area (Å²) in [5.74, 6) is -0.513. The Balaban J connectivity index is 2.50. The minimum atomic E-state index is -0.450. The van der Waals surface area contributed by atoms with Gasteiger partial charge in [-0.1, -0.05) is 6.07 Å². The summed E-state index contributed by atoms with van der Waals surface area (Å²) >= 11 is 0. The molecule has 100 valence electrons. The largest absolute Gasteiger partial charge is 0.508 e. The lowest BCUT2D eigenvalue weighted by Crippen LogP contribution is -2.28. The molecule has 0 saturated heterocycles. The van der Waals surface area contributed by atoms with Gasteiger partial charge in [0.15, 0.2) is 0 Å². The zero-order chi connectivity index (χ0) is 13.7. The molecule has 0 spiro atoms. The Bertz CT molecular complexity index is 421. The van der Waals surface area contributed by atoms with E-state index in [4.69, 9.17) is 5.11 Å². The van der Waals surface area contributed by atoms with E-state index in [0.29, 0.717) is 18.5 Å². The first kappa shape index (κ1) is 14.4. The number of nitrogens with zero attached hydrogens (tertiary/aromatic N) is 1. The van der Waals surface area contributed by atoms with Gasteiger partial charge < -0.3 is 15.3 Å². The summed E-state index contributed by atoms with van der Waals surface area (Å²) in [7, 11) is 3.40. The number of amides is 1. The van der Waals surface area contributed by atoms with Crippen LogP contribution in [0.4, 0.5) is 4.39 Å². The SMILES string of the molecule is CC(NCCC(=O)N(C)C)c1ccc(O)cc1F. The highest BCUT2D eigenvalue weighted by Crippen LogP contribution is 2.20. The standard InChI is InChI=1S/C13H19FN2O2/c1-9(15-7-6-13(18)16(2)3)11-5-4-10(17)8-12(11)14/h4-5,8-9,15,17H,6-7H2,1-3H3. The molecule has 1 aromatic carbocycles. The lowest BCUT2D eigenvalue weighted by atomic mass is 10.1. The highest BCUT2D eigenvalue weighted by molar-refractivity contribution is 5.75. The molecule has 0 bridgehead atoms. The van der Waals surface area contributed by atoms with Crippen LogP contribution >= 0.6 is 0 Å². The Hall–Kier alpha value is -1.62. The number of rotatable bonds is 5. The fraction of sp³-hybridized carbons (Fsp3) is 0.462. The van der Waals surface area contributed by atoms with Crippen molar-refractivity contribution in [2.45, 2.75) is 19.4 Å². The lowest BCUT2D eigenvalue weighted by molar-refractivity contribution is -0.128. The molecule has 1 atom stereocenters. The number of nitrogens with one attached hydrogen (secondary N) is 1. The van der Waals surface area contributed by atoms with Crippen LogP contribution < -0.4 is 5.32 Å². The van der Waals surface area contributed by atoms with Gasteiger partial charge in [-0.15, -0.1) is 0 Å². The van der Waals surface area contributed by atoms with E-state index in [-0.39, 0.29) is 17.7 Å².